The van der Waals surface area contributed by atoms with Gasteiger partial charge in [0.2, 0.25) is 0 Å². The van der Waals surface area contributed by atoms with E-state index in [1.807, 2.05) is 0 Å². The SMILES string of the molecule is O=C(O)Cc1ccc(OC(F)F)cc1[N+](=O)[O-]. The fraction of sp³-hybridized carbons (Fsp3) is 0.222. The second-order valence-corrected chi connectivity index (χ2v) is 3.00. The first kappa shape index (κ1) is 12.8. The minimum atomic E-state index is -3.10. The molecule has 1 aromatic rings. The van der Waals surface area contributed by atoms with E-state index >= 15 is 0 Å². The second kappa shape index (κ2) is 5.19. The average molecular weight is 247 g/mol. The number of carboxylic acids is 1. The fourth-order valence-corrected chi connectivity index (χ4v) is 1.20. The molecule has 0 unspecified atom stereocenters. The molecule has 8 heteroatoms. The molecule has 1 N–H and O–H groups in total. The van der Waals surface area contributed by atoms with E-state index in [9.17, 15) is 23.7 Å². The number of hydrogen-bond acceptors (Lipinski definition) is 4. The van der Waals surface area contributed by atoms with Gasteiger partial charge in [-0.2, -0.15) is 8.78 Å². The number of rotatable bonds is 5. The third-order valence-electron chi connectivity index (χ3n) is 1.82. The third kappa shape index (κ3) is 3.67. The second-order valence-electron chi connectivity index (χ2n) is 3.00. The van der Waals surface area contributed by atoms with Crippen LogP contribution in [0, 0.1) is 10.1 Å². The van der Waals surface area contributed by atoms with Gasteiger partial charge >= 0.3 is 12.6 Å². The molecule has 92 valence electrons. The van der Waals surface area contributed by atoms with Crippen LogP contribution in [0.15, 0.2) is 18.2 Å². The predicted octanol–water partition coefficient (Wildman–Crippen LogP) is 1.82. The van der Waals surface area contributed by atoms with Crippen LogP contribution in [0.5, 0.6) is 5.75 Å². The maximum absolute atomic E-state index is 11.9. The molecule has 0 amide bonds. The van der Waals surface area contributed by atoms with E-state index in [1.54, 1.807) is 0 Å². The summed E-state index contributed by atoms with van der Waals surface area (Å²) in [4.78, 5) is 20.2. The Labute approximate surface area is 93.6 Å². The number of nitro groups is 1. The largest absolute Gasteiger partial charge is 0.481 e. The number of alkyl halides is 2. The van der Waals surface area contributed by atoms with Crippen molar-refractivity contribution in [1.82, 2.24) is 0 Å². The molecule has 17 heavy (non-hydrogen) atoms. The molecule has 0 spiro atoms. The van der Waals surface area contributed by atoms with Crippen molar-refractivity contribution in [3.05, 3.63) is 33.9 Å². The molecule has 1 rings (SSSR count). The molecule has 0 aliphatic heterocycles. The van der Waals surface area contributed by atoms with E-state index in [1.165, 1.54) is 0 Å². The van der Waals surface area contributed by atoms with E-state index in [0.29, 0.717) is 0 Å². The topological polar surface area (TPSA) is 89.7 Å². The number of carbonyl (C=O) groups is 1. The van der Waals surface area contributed by atoms with E-state index in [0.717, 1.165) is 18.2 Å². The van der Waals surface area contributed by atoms with Crippen molar-refractivity contribution in [1.29, 1.82) is 0 Å². The summed E-state index contributed by atoms with van der Waals surface area (Å²) < 4.78 is 27.7. The Morgan fingerprint density at radius 2 is 2.18 bits per heavy atom. The van der Waals surface area contributed by atoms with Gasteiger partial charge in [0.05, 0.1) is 17.4 Å². The van der Waals surface area contributed by atoms with Crippen molar-refractivity contribution in [2.24, 2.45) is 0 Å². The van der Waals surface area contributed by atoms with Crippen LogP contribution in [0.3, 0.4) is 0 Å². The van der Waals surface area contributed by atoms with Crippen molar-refractivity contribution < 1.29 is 28.3 Å². The van der Waals surface area contributed by atoms with Gasteiger partial charge in [0.15, 0.2) is 0 Å². The summed E-state index contributed by atoms with van der Waals surface area (Å²) >= 11 is 0. The van der Waals surface area contributed by atoms with Gasteiger partial charge in [0.1, 0.15) is 5.75 Å². The highest BCUT2D eigenvalue weighted by atomic mass is 19.3. The Bertz CT molecular complexity index is 449. The van der Waals surface area contributed by atoms with Gasteiger partial charge in [-0.05, 0) is 12.1 Å². The van der Waals surface area contributed by atoms with Crippen molar-refractivity contribution in [2.45, 2.75) is 13.0 Å². The first-order valence-electron chi connectivity index (χ1n) is 4.34. The van der Waals surface area contributed by atoms with Crippen LogP contribution in [-0.4, -0.2) is 22.6 Å². The van der Waals surface area contributed by atoms with Crippen LogP contribution < -0.4 is 4.74 Å². The number of carboxylic acid groups (broad SMARTS) is 1. The van der Waals surface area contributed by atoms with Gasteiger partial charge < -0.3 is 9.84 Å². The average Bonchev–Trinajstić information content (AvgIpc) is 2.18. The van der Waals surface area contributed by atoms with Crippen LogP contribution in [0.4, 0.5) is 14.5 Å². The quantitative estimate of drug-likeness (QED) is 0.633. The highest BCUT2D eigenvalue weighted by Gasteiger charge is 2.18. The van der Waals surface area contributed by atoms with Crippen LogP contribution in [-0.2, 0) is 11.2 Å². The minimum absolute atomic E-state index is 0.0795. The summed E-state index contributed by atoms with van der Waals surface area (Å²) in [5.41, 5.74) is -0.644. The number of aliphatic carboxylic acids is 1. The standard InChI is InChI=1S/C9H7F2NO5/c10-9(11)17-6-2-1-5(3-8(13)14)7(4-6)12(15)16/h1-2,4,9H,3H2,(H,13,14). The van der Waals surface area contributed by atoms with Crippen molar-refractivity contribution >= 4 is 11.7 Å². The highest BCUT2D eigenvalue weighted by molar-refractivity contribution is 5.72. The number of ether oxygens (including phenoxy) is 1. The molecule has 0 saturated carbocycles. The molecule has 0 aliphatic carbocycles. The first-order chi connectivity index (χ1) is 7.90. The summed E-state index contributed by atoms with van der Waals surface area (Å²) in [6, 6.07) is 2.89. The van der Waals surface area contributed by atoms with E-state index in [-0.39, 0.29) is 11.3 Å². The zero-order chi connectivity index (χ0) is 13.0. The number of nitro benzene ring substituents is 1. The zero-order valence-corrected chi connectivity index (χ0v) is 8.30. The van der Waals surface area contributed by atoms with Crippen molar-refractivity contribution in [2.75, 3.05) is 0 Å². The molecule has 0 atom stereocenters. The minimum Gasteiger partial charge on any atom is -0.481 e. The Kier molecular flexibility index (Phi) is 3.91. The van der Waals surface area contributed by atoms with Gasteiger partial charge in [-0.15, -0.1) is 0 Å². The summed E-state index contributed by atoms with van der Waals surface area (Å²) in [5.74, 6) is -1.64. The molecular formula is C9H7F2NO5. The number of halogens is 2. The highest BCUT2D eigenvalue weighted by Crippen LogP contribution is 2.26. The third-order valence-corrected chi connectivity index (χ3v) is 1.82. The molecule has 0 aromatic heterocycles. The van der Waals surface area contributed by atoms with Crippen LogP contribution in [0.1, 0.15) is 5.56 Å². The lowest BCUT2D eigenvalue weighted by Gasteiger charge is -2.05. The van der Waals surface area contributed by atoms with Gasteiger partial charge in [0.25, 0.3) is 5.69 Å². The lowest BCUT2D eigenvalue weighted by molar-refractivity contribution is -0.385. The molecule has 0 radical (unpaired) electrons. The smallest absolute Gasteiger partial charge is 0.387 e. The van der Waals surface area contributed by atoms with Gasteiger partial charge in [0, 0.05) is 5.56 Å². The normalized spacial score (nSPS) is 10.3. The van der Waals surface area contributed by atoms with E-state index in [4.69, 9.17) is 5.11 Å². The van der Waals surface area contributed by atoms with Crippen LogP contribution in [0.25, 0.3) is 0 Å². The molecule has 1 aromatic carbocycles. The number of nitrogens with zero attached hydrogens (tertiary/aromatic N) is 1. The van der Waals surface area contributed by atoms with Crippen molar-refractivity contribution in [3.63, 3.8) is 0 Å². The molecule has 0 heterocycles. The van der Waals surface area contributed by atoms with E-state index in [2.05, 4.69) is 4.74 Å². The first-order valence-corrected chi connectivity index (χ1v) is 4.34. The predicted molar refractivity (Wildman–Crippen MR) is 51.1 cm³/mol. The lowest BCUT2D eigenvalue weighted by Crippen LogP contribution is -2.06. The monoisotopic (exact) mass is 247 g/mol. The molecule has 0 bridgehead atoms. The van der Waals surface area contributed by atoms with Crippen LogP contribution >= 0.6 is 0 Å². The summed E-state index contributed by atoms with van der Waals surface area (Å²) in [6.45, 7) is -3.10. The summed E-state index contributed by atoms with van der Waals surface area (Å²) in [7, 11) is 0. The molecular weight excluding hydrogens is 240 g/mol. The Balaban J connectivity index is 3.08. The van der Waals surface area contributed by atoms with E-state index < -0.39 is 29.6 Å². The number of benzene rings is 1. The van der Waals surface area contributed by atoms with Crippen LogP contribution in [0.2, 0.25) is 0 Å². The maximum Gasteiger partial charge on any atom is 0.387 e. The summed E-state index contributed by atoms with van der Waals surface area (Å²) in [6.07, 6.45) is -0.564. The fourth-order valence-electron chi connectivity index (χ4n) is 1.20. The summed E-state index contributed by atoms with van der Waals surface area (Å²) in [5, 5.41) is 19.1. The zero-order valence-electron chi connectivity index (χ0n) is 8.30. The molecule has 6 nitrogen and oxygen atoms in total. The Hall–Kier alpha value is -2.25. The Morgan fingerprint density at radius 3 is 2.65 bits per heavy atom. The van der Waals surface area contributed by atoms with Gasteiger partial charge in [-0.25, -0.2) is 0 Å². The maximum atomic E-state index is 11.9. The number of hydrogen-bond donors (Lipinski definition) is 1. The van der Waals surface area contributed by atoms with Gasteiger partial charge in [-0.3, -0.25) is 14.9 Å². The molecule has 0 aliphatic rings. The Morgan fingerprint density at radius 1 is 1.53 bits per heavy atom. The van der Waals surface area contributed by atoms with Gasteiger partial charge in [-0.1, -0.05) is 0 Å². The van der Waals surface area contributed by atoms with Crippen molar-refractivity contribution in [3.8, 4) is 5.75 Å². The molecule has 0 saturated heterocycles. The molecule has 0 fully saturated rings. The lowest BCUT2D eigenvalue weighted by atomic mass is 10.1.